The zero-order chi connectivity index (χ0) is 18.8. The van der Waals surface area contributed by atoms with Crippen molar-refractivity contribution in [3.8, 4) is 0 Å². The van der Waals surface area contributed by atoms with E-state index in [-0.39, 0.29) is 30.5 Å². The molecule has 1 saturated carbocycles. The van der Waals surface area contributed by atoms with Crippen molar-refractivity contribution in [2.24, 2.45) is 22.7 Å². The Hall–Kier alpha value is -1.17. The molecule has 25 heavy (non-hydrogen) atoms. The molecule has 5 heteroatoms. The van der Waals surface area contributed by atoms with E-state index in [0.717, 1.165) is 36.8 Å². The average Bonchev–Trinajstić information content (AvgIpc) is 2.53. The second-order valence-corrected chi connectivity index (χ2v) is 8.27. The normalized spacial score (nSPS) is 38.9. The standard InChI is InChI=1S/C20H32O5/c1-13(7-10-21)5-6-15-14(12-22)11-16(23)17-19(15,2)8-4-9-20(17,3)18(24)25/h7,11,15-17,21-23H,4-6,8-10,12H2,1-3H3,(H,24,25)/b13-7+/t15-,16+,17?,19+,20-/m0/s1. The predicted molar refractivity (Wildman–Crippen MR) is 95.9 cm³/mol. The molecular weight excluding hydrogens is 320 g/mol. The molecule has 5 atom stereocenters. The predicted octanol–water partition coefficient (Wildman–Crippen LogP) is 2.51. The van der Waals surface area contributed by atoms with E-state index in [1.165, 1.54) is 0 Å². The van der Waals surface area contributed by atoms with Gasteiger partial charge in [-0.25, -0.2) is 0 Å². The minimum Gasteiger partial charge on any atom is -0.481 e. The first-order valence-electron chi connectivity index (χ1n) is 9.20. The Kier molecular flexibility index (Phi) is 6.13. The first kappa shape index (κ1) is 20.1. The number of allylic oxidation sites excluding steroid dienone is 1. The van der Waals surface area contributed by atoms with E-state index in [9.17, 15) is 20.1 Å². The fourth-order valence-corrected chi connectivity index (χ4v) is 5.44. The molecule has 0 aromatic carbocycles. The highest BCUT2D eigenvalue weighted by Crippen LogP contribution is 2.60. The van der Waals surface area contributed by atoms with Gasteiger partial charge in [-0.1, -0.05) is 31.1 Å². The van der Waals surface area contributed by atoms with Crippen molar-refractivity contribution >= 4 is 5.97 Å². The smallest absolute Gasteiger partial charge is 0.309 e. The lowest BCUT2D eigenvalue weighted by atomic mass is 9.47. The average molecular weight is 352 g/mol. The van der Waals surface area contributed by atoms with Gasteiger partial charge in [-0.15, -0.1) is 0 Å². The second kappa shape index (κ2) is 7.60. The number of carboxylic acids is 1. The molecular formula is C20H32O5. The van der Waals surface area contributed by atoms with Crippen LogP contribution in [0.5, 0.6) is 0 Å². The number of hydrogen-bond acceptors (Lipinski definition) is 4. The maximum absolute atomic E-state index is 12.0. The molecule has 142 valence electrons. The molecule has 4 N–H and O–H groups in total. The van der Waals surface area contributed by atoms with Crippen LogP contribution in [0.25, 0.3) is 0 Å². The number of aliphatic hydroxyl groups excluding tert-OH is 3. The highest BCUT2D eigenvalue weighted by Gasteiger charge is 2.59. The lowest BCUT2D eigenvalue weighted by Crippen LogP contribution is -2.57. The topological polar surface area (TPSA) is 98.0 Å². The number of carbonyl (C=O) groups is 1. The Morgan fingerprint density at radius 3 is 2.56 bits per heavy atom. The van der Waals surface area contributed by atoms with Gasteiger partial charge in [-0.2, -0.15) is 0 Å². The molecule has 0 aliphatic heterocycles. The summed E-state index contributed by atoms with van der Waals surface area (Å²) in [5, 5.41) is 39.5. The Morgan fingerprint density at radius 1 is 1.32 bits per heavy atom. The first-order valence-corrected chi connectivity index (χ1v) is 9.20. The zero-order valence-electron chi connectivity index (χ0n) is 15.5. The number of carboxylic acid groups (broad SMARTS) is 1. The number of aliphatic carboxylic acids is 1. The van der Waals surface area contributed by atoms with Crippen molar-refractivity contribution in [1.82, 2.24) is 0 Å². The van der Waals surface area contributed by atoms with Gasteiger partial charge in [0.05, 0.1) is 24.7 Å². The fourth-order valence-electron chi connectivity index (χ4n) is 5.44. The lowest BCUT2D eigenvalue weighted by Gasteiger charge is -2.57. The van der Waals surface area contributed by atoms with Crippen molar-refractivity contribution in [1.29, 1.82) is 0 Å². The van der Waals surface area contributed by atoms with E-state index < -0.39 is 17.5 Å². The van der Waals surface area contributed by atoms with Crippen molar-refractivity contribution in [2.45, 2.75) is 59.0 Å². The Bertz CT molecular complexity index is 566. The SMILES string of the molecule is C/C(=C\CO)CC[C@H]1C(CO)=C[C@@H](O)C2[C@]1(C)CCC[C@]2(C)C(=O)O. The van der Waals surface area contributed by atoms with Crippen LogP contribution in [-0.2, 0) is 4.79 Å². The third-order valence-corrected chi connectivity index (χ3v) is 6.72. The molecule has 5 nitrogen and oxygen atoms in total. The molecule has 2 aliphatic rings. The van der Waals surface area contributed by atoms with Crippen LogP contribution in [0.3, 0.4) is 0 Å². The molecule has 1 fully saturated rings. The number of rotatable bonds is 6. The van der Waals surface area contributed by atoms with Gasteiger partial charge in [-0.05, 0) is 56.4 Å². The molecule has 0 aromatic rings. The maximum Gasteiger partial charge on any atom is 0.309 e. The number of fused-ring (bicyclic) bond motifs is 1. The van der Waals surface area contributed by atoms with Gasteiger partial charge in [0.1, 0.15) is 0 Å². The van der Waals surface area contributed by atoms with Crippen LogP contribution in [0.15, 0.2) is 23.3 Å². The van der Waals surface area contributed by atoms with Gasteiger partial charge in [0, 0.05) is 5.92 Å². The second-order valence-electron chi connectivity index (χ2n) is 8.27. The third kappa shape index (κ3) is 3.55. The molecule has 0 aromatic heterocycles. The van der Waals surface area contributed by atoms with Gasteiger partial charge in [0.15, 0.2) is 0 Å². The largest absolute Gasteiger partial charge is 0.481 e. The van der Waals surface area contributed by atoms with Crippen LogP contribution in [0.4, 0.5) is 0 Å². The highest BCUT2D eigenvalue weighted by atomic mass is 16.4. The van der Waals surface area contributed by atoms with Crippen LogP contribution >= 0.6 is 0 Å². The highest BCUT2D eigenvalue weighted by molar-refractivity contribution is 5.75. The number of hydrogen-bond donors (Lipinski definition) is 4. The van der Waals surface area contributed by atoms with E-state index in [1.807, 2.05) is 6.92 Å². The van der Waals surface area contributed by atoms with Crippen molar-refractivity contribution in [3.05, 3.63) is 23.3 Å². The fraction of sp³-hybridized carbons (Fsp3) is 0.750. The van der Waals surface area contributed by atoms with Gasteiger partial charge >= 0.3 is 5.97 Å². The van der Waals surface area contributed by atoms with Gasteiger partial charge in [-0.3, -0.25) is 4.79 Å². The monoisotopic (exact) mass is 352 g/mol. The summed E-state index contributed by atoms with van der Waals surface area (Å²) in [5.41, 5.74) is 0.579. The van der Waals surface area contributed by atoms with Crippen LogP contribution in [0, 0.1) is 22.7 Å². The van der Waals surface area contributed by atoms with Crippen molar-refractivity contribution in [3.63, 3.8) is 0 Å². The molecule has 2 rings (SSSR count). The van der Waals surface area contributed by atoms with Crippen LogP contribution in [0.1, 0.15) is 52.9 Å². The van der Waals surface area contributed by atoms with Gasteiger partial charge in [0.25, 0.3) is 0 Å². The summed E-state index contributed by atoms with van der Waals surface area (Å²) in [5.74, 6) is -1.18. The molecule has 0 amide bonds. The quantitative estimate of drug-likeness (QED) is 0.551. The van der Waals surface area contributed by atoms with E-state index in [2.05, 4.69) is 6.92 Å². The summed E-state index contributed by atoms with van der Waals surface area (Å²) >= 11 is 0. The summed E-state index contributed by atoms with van der Waals surface area (Å²) in [4.78, 5) is 12.0. The summed E-state index contributed by atoms with van der Waals surface area (Å²) in [6, 6.07) is 0. The number of aliphatic hydroxyl groups is 3. The van der Waals surface area contributed by atoms with Crippen molar-refractivity contribution in [2.75, 3.05) is 13.2 Å². The Labute approximate surface area is 150 Å². The summed E-state index contributed by atoms with van der Waals surface area (Å²) in [7, 11) is 0. The third-order valence-electron chi connectivity index (χ3n) is 6.72. The van der Waals surface area contributed by atoms with E-state index in [4.69, 9.17) is 5.11 Å². The molecule has 1 unspecified atom stereocenters. The molecule has 0 spiro atoms. The van der Waals surface area contributed by atoms with E-state index in [1.54, 1.807) is 19.1 Å². The van der Waals surface area contributed by atoms with E-state index in [0.29, 0.717) is 6.42 Å². The van der Waals surface area contributed by atoms with Crippen LogP contribution in [0.2, 0.25) is 0 Å². The Balaban J connectivity index is 2.42. The van der Waals surface area contributed by atoms with Crippen LogP contribution < -0.4 is 0 Å². The Morgan fingerprint density at radius 2 is 2.00 bits per heavy atom. The molecule has 0 radical (unpaired) electrons. The van der Waals surface area contributed by atoms with Gasteiger partial charge < -0.3 is 20.4 Å². The minimum atomic E-state index is -0.960. The summed E-state index contributed by atoms with van der Waals surface area (Å²) in [6.07, 6.45) is 6.41. The van der Waals surface area contributed by atoms with Crippen LogP contribution in [-0.4, -0.2) is 45.7 Å². The van der Waals surface area contributed by atoms with E-state index >= 15 is 0 Å². The molecule has 0 heterocycles. The molecule has 0 saturated heterocycles. The minimum absolute atomic E-state index is 0.00882. The summed E-state index contributed by atoms with van der Waals surface area (Å²) < 4.78 is 0. The first-order chi connectivity index (χ1) is 11.7. The molecule has 0 bridgehead atoms. The van der Waals surface area contributed by atoms with Gasteiger partial charge in [0.2, 0.25) is 0 Å². The summed E-state index contributed by atoms with van der Waals surface area (Å²) in [6.45, 7) is 5.70. The lowest BCUT2D eigenvalue weighted by molar-refractivity contribution is -0.171. The maximum atomic E-state index is 12.0. The van der Waals surface area contributed by atoms with Crippen molar-refractivity contribution < 1.29 is 25.2 Å². The zero-order valence-corrected chi connectivity index (χ0v) is 15.5. The molecule has 2 aliphatic carbocycles.